The number of aryl methyl sites for hydroxylation is 1. The van der Waals surface area contributed by atoms with Gasteiger partial charge in [-0.3, -0.25) is 9.48 Å². The van der Waals surface area contributed by atoms with Crippen molar-refractivity contribution in [3.63, 3.8) is 0 Å². The molecule has 0 saturated heterocycles. The zero-order valence-corrected chi connectivity index (χ0v) is 10.2. The van der Waals surface area contributed by atoms with E-state index in [1.54, 1.807) is 25.6 Å². The molecule has 1 N–H and O–H groups in total. The molecule has 94 valence electrons. The van der Waals surface area contributed by atoms with Crippen LogP contribution in [0.2, 0.25) is 0 Å². The Hall–Kier alpha value is -2.11. The molecule has 0 spiro atoms. The van der Waals surface area contributed by atoms with Crippen LogP contribution in [0.1, 0.15) is 12.8 Å². The molecular weight excluding hydrogens is 230 g/mol. The average molecular weight is 245 g/mol. The zero-order chi connectivity index (χ0) is 12.6. The molecule has 3 rings (SSSR count). The van der Waals surface area contributed by atoms with Crippen LogP contribution in [0.4, 0.5) is 5.82 Å². The summed E-state index contributed by atoms with van der Waals surface area (Å²) in [5, 5.41) is 7.42. The largest absolute Gasteiger partial charge is 0.363 e. The minimum absolute atomic E-state index is 0.0199. The molecule has 0 aromatic carbocycles. The Morgan fingerprint density at radius 1 is 1.39 bits per heavy atom. The summed E-state index contributed by atoms with van der Waals surface area (Å²) < 4.78 is 3.48. The monoisotopic (exact) mass is 245 g/mol. The molecule has 1 saturated carbocycles. The van der Waals surface area contributed by atoms with Crippen LogP contribution in [-0.2, 0) is 12.6 Å². The van der Waals surface area contributed by atoms with Gasteiger partial charge in [0, 0.05) is 38.4 Å². The highest BCUT2D eigenvalue weighted by Gasteiger charge is 2.45. The number of hydrogen-bond donors (Lipinski definition) is 1. The molecule has 0 amide bonds. The van der Waals surface area contributed by atoms with E-state index in [0.29, 0.717) is 12.4 Å². The maximum Gasteiger partial charge on any atom is 0.293 e. The fraction of sp³-hybridized carbons (Fsp3) is 0.417. The first-order valence-electron chi connectivity index (χ1n) is 5.97. The van der Waals surface area contributed by atoms with Crippen LogP contribution in [0.3, 0.4) is 0 Å². The summed E-state index contributed by atoms with van der Waals surface area (Å²) in [4.78, 5) is 15.9. The summed E-state index contributed by atoms with van der Waals surface area (Å²) in [6.07, 6.45) is 9.17. The van der Waals surface area contributed by atoms with Crippen molar-refractivity contribution in [1.29, 1.82) is 0 Å². The van der Waals surface area contributed by atoms with Crippen LogP contribution in [0, 0.1) is 0 Å². The second-order valence-corrected chi connectivity index (χ2v) is 4.72. The molecule has 6 nitrogen and oxygen atoms in total. The Kier molecular flexibility index (Phi) is 2.43. The minimum atomic E-state index is -0.103. The van der Waals surface area contributed by atoms with Crippen molar-refractivity contribution >= 4 is 5.82 Å². The van der Waals surface area contributed by atoms with E-state index in [2.05, 4.69) is 15.4 Å². The summed E-state index contributed by atoms with van der Waals surface area (Å²) in [6.45, 7) is 0.681. The lowest BCUT2D eigenvalue weighted by molar-refractivity contribution is 0.452. The van der Waals surface area contributed by atoms with E-state index < -0.39 is 0 Å². The number of aromatic nitrogens is 4. The van der Waals surface area contributed by atoms with E-state index in [4.69, 9.17) is 0 Å². The SMILES string of the molecule is Cn1ccnc(NCC2(n3cccn3)CC2)c1=O. The predicted molar refractivity (Wildman–Crippen MR) is 67.4 cm³/mol. The Morgan fingerprint density at radius 2 is 2.22 bits per heavy atom. The van der Waals surface area contributed by atoms with Gasteiger partial charge in [-0.05, 0) is 18.9 Å². The summed E-state index contributed by atoms with van der Waals surface area (Å²) in [6, 6.07) is 1.92. The lowest BCUT2D eigenvalue weighted by Gasteiger charge is -2.16. The maximum atomic E-state index is 11.8. The third kappa shape index (κ3) is 1.79. The van der Waals surface area contributed by atoms with Gasteiger partial charge in [0.1, 0.15) is 0 Å². The minimum Gasteiger partial charge on any atom is -0.363 e. The Morgan fingerprint density at radius 3 is 2.89 bits per heavy atom. The molecule has 2 aromatic rings. The summed E-state index contributed by atoms with van der Waals surface area (Å²) in [5.74, 6) is 0.401. The van der Waals surface area contributed by atoms with Crippen LogP contribution in [0.15, 0.2) is 35.6 Å². The summed E-state index contributed by atoms with van der Waals surface area (Å²) >= 11 is 0. The van der Waals surface area contributed by atoms with Crippen molar-refractivity contribution < 1.29 is 0 Å². The van der Waals surface area contributed by atoms with Crippen LogP contribution in [0.25, 0.3) is 0 Å². The number of rotatable bonds is 4. The normalized spacial score (nSPS) is 16.5. The summed E-state index contributed by atoms with van der Waals surface area (Å²) in [5.41, 5.74) is -0.0831. The van der Waals surface area contributed by atoms with Crippen LogP contribution in [-0.4, -0.2) is 25.9 Å². The third-order valence-corrected chi connectivity index (χ3v) is 3.42. The van der Waals surface area contributed by atoms with Crippen molar-refractivity contribution in [2.45, 2.75) is 18.4 Å². The fourth-order valence-corrected chi connectivity index (χ4v) is 2.05. The number of anilines is 1. The molecule has 0 radical (unpaired) electrons. The van der Waals surface area contributed by atoms with Crippen molar-refractivity contribution in [3.8, 4) is 0 Å². The van der Waals surface area contributed by atoms with E-state index >= 15 is 0 Å². The smallest absolute Gasteiger partial charge is 0.293 e. The molecule has 2 aromatic heterocycles. The molecule has 0 bridgehead atoms. The van der Waals surface area contributed by atoms with E-state index in [9.17, 15) is 4.79 Å². The fourth-order valence-electron chi connectivity index (χ4n) is 2.05. The molecule has 6 heteroatoms. The molecule has 2 heterocycles. The first-order chi connectivity index (χ1) is 8.71. The van der Waals surface area contributed by atoms with E-state index in [1.165, 1.54) is 4.57 Å². The second kappa shape index (κ2) is 3.97. The van der Waals surface area contributed by atoms with Crippen molar-refractivity contribution in [3.05, 3.63) is 41.2 Å². The molecule has 0 unspecified atom stereocenters. The van der Waals surface area contributed by atoms with E-state index in [0.717, 1.165) is 12.8 Å². The van der Waals surface area contributed by atoms with Gasteiger partial charge in [-0.1, -0.05) is 0 Å². The van der Waals surface area contributed by atoms with Gasteiger partial charge in [-0.25, -0.2) is 4.98 Å². The zero-order valence-electron chi connectivity index (χ0n) is 10.2. The van der Waals surface area contributed by atoms with E-state index in [1.807, 2.05) is 16.9 Å². The first kappa shape index (κ1) is 11.0. The molecule has 1 fully saturated rings. The van der Waals surface area contributed by atoms with Gasteiger partial charge in [-0.15, -0.1) is 0 Å². The standard InChI is InChI=1S/C12H15N5O/c1-16-8-6-13-10(11(16)18)14-9-12(3-4-12)17-7-2-5-15-17/h2,5-8H,3-4,9H2,1H3,(H,13,14). The van der Waals surface area contributed by atoms with Crippen LogP contribution in [0.5, 0.6) is 0 Å². The van der Waals surface area contributed by atoms with Gasteiger partial charge >= 0.3 is 0 Å². The van der Waals surface area contributed by atoms with Gasteiger partial charge in [-0.2, -0.15) is 5.10 Å². The Bertz CT molecular complexity index is 597. The lowest BCUT2D eigenvalue weighted by Crippen LogP contribution is -2.30. The van der Waals surface area contributed by atoms with Crippen molar-refractivity contribution in [2.75, 3.05) is 11.9 Å². The molecule has 1 aliphatic rings. The molecule has 18 heavy (non-hydrogen) atoms. The highest BCUT2D eigenvalue weighted by molar-refractivity contribution is 5.32. The van der Waals surface area contributed by atoms with Gasteiger partial charge in [0.15, 0.2) is 5.82 Å². The highest BCUT2D eigenvalue weighted by atomic mass is 16.1. The number of nitrogens with zero attached hydrogens (tertiary/aromatic N) is 4. The molecular formula is C12H15N5O. The van der Waals surface area contributed by atoms with Crippen molar-refractivity contribution in [2.24, 2.45) is 7.05 Å². The van der Waals surface area contributed by atoms with Gasteiger partial charge in [0.05, 0.1) is 5.54 Å². The van der Waals surface area contributed by atoms with E-state index in [-0.39, 0.29) is 11.1 Å². The topological polar surface area (TPSA) is 64.7 Å². The Labute approximate surface area is 104 Å². The average Bonchev–Trinajstić information content (AvgIpc) is 2.95. The van der Waals surface area contributed by atoms with Gasteiger partial charge in [0.25, 0.3) is 5.56 Å². The second-order valence-electron chi connectivity index (χ2n) is 4.72. The summed E-state index contributed by atoms with van der Waals surface area (Å²) in [7, 11) is 1.72. The number of nitrogens with one attached hydrogen (secondary N) is 1. The van der Waals surface area contributed by atoms with Crippen LogP contribution >= 0.6 is 0 Å². The number of hydrogen-bond acceptors (Lipinski definition) is 4. The first-order valence-corrected chi connectivity index (χ1v) is 5.97. The molecule has 0 aliphatic heterocycles. The molecule has 0 atom stereocenters. The Balaban J connectivity index is 1.76. The molecule has 1 aliphatic carbocycles. The highest BCUT2D eigenvalue weighted by Crippen LogP contribution is 2.42. The van der Waals surface area contributed by atoms with Gasteiger partial charge in [0.2, 0.25) is 0 Å². The quantitative estimate of drug-likeness (QED) is 0.855. The van der Waals surface area contributed by atoms with Crippen molar-refractivity contribution in [1.82, 2.24) is 19.3 Å². The lowest BCUT2D eigenvalue weighted by atomic mass is 10.3. The van der Waals surface area contributed by atoms with Crippen LogP contribution < -0.4 is 10.9 Å². The van der Waals surface area contributed by atoms with Gasteiger partial charge < -0.3 is 9.88 Å². The third-order valence-electron chi connectivity index (χ3n) is 3.42. The maximum absolute atomic E-state index is 11.8. The predicted octanol–water partition coefficient (Wildman–Crippen LogP) is 0.578.